The van der Waals surface area contributed by atoms with Crippen LogP contribution in [0.2, 0.25) is 0 Å². The summed E-state index contributed by atoms with van der Waals surface area (Å²) in [4.78, 5) is 29.5. The lowest BCUT2D eigenvalue weighted by Gasteiger charge is -2.29. The van der Waals surface area contributed by atoms with Gasteiger partial charge in [-0.1, -0.05) is 13.0 Å². The Kier molecular flexibility index (Phi) is 4.86. The van der Waals surface area contributed by atoms with Gasteiger partial charge in [-0.05, 0) is 29.3 Å². The van der Waals surface area contributed by atoms with Crippen LogP contribution in [0.15, 0.2) is 30.3 Å². The smallest absolute Gasteiger partial charge is 0.258 e. The predicted octanol–water partition coefficient (Wildman–Crippen LogP) is 2.43. The number of Topliss-reactive ketones (excluding diaryl/α,β-unsaturated/α-hetero) is 1. The van der Waals surface area contributed by atoms with E-state index in [2.05, 4.69) is 38.6 Å². The summed E-state index contributed by atoms with van der Waals surface area (Å²) in [5, 5.41) is 21.2. The number of aromatic hydroxyl groups is 1. The lowest BCUT2D eigenvalue weighted by Crippen LogP contribution is -2.43. The van der Waals surface area contributed by atoms with E-state index >= 15 is 0 Å². The molecule has 1 saturated heterocycles. The second kappa shape index (κ2) is 7.70. The van der Waals surface area contributed by atoms with Crippen LogP contribution in [0.1, 0.15) is 45.3 Å². The van der Waals surface area contributed by atoms with Crippen LogP contribution in [0.25, 0.3) is 10.9 Å². The van der Waals surface area contributed by atoms with Gasteiger partial charge in [-0.3, -0.25) is 14.7 Å². The monoisotopic (exact) mass is 419 g/mol. The highest BCUT2D eigenvalue weighted by atomic mass is 16.3. The van der Waals surface area contributed by atoms with Crippen molar-refractivity contribution in [2.75, 3.05) is 31.1 Å². The number of aromatic nitrogens is 2. The van der Waals surface area contributed by atoms with Gasteiger partial charge < -0.3 is 20.2 Å². The number of anilines is 1. The highest BCUT2D eigenvalue weighted by molar-refractivity contribution is 6.09. The maximum Gasteiger partial charge on any atom is 0.258 e. The van der Waals surface area contributed by atoms with Gasteiger partial charge in [0.2, 0.25) is 0 Å². The van der Waals surface area contributed by atoms with Crippen LogP contribution in [0.5, 0.6) is 5.75 Å². The lowest BCUT2D eigenvalue weighted by atomic mass is 10.1. The van der Waals surface area contributed by atoms with E-state index in [9.17, 15) is 14.7 Å². The molecule has 3 N–H and O–H groups in total. The lowest BCUT2D eigenvalue weighted by molar-refractivity contribution is 0.0748. The summed E-state index contributed by atoms with van der Waals surface area (Å²) in [6.07, 6.45) is 0.320. The fourth-order valence-corrected chi connectivity index (χ4v) is 4.42. The fourth-order valence-electron chi connectivity index (χ4n) is 4.42. The van der Waals surface area contributed by atoms with E-state index in [1.807, 2.05) is 0 Å². The molecule has 8 heteroatoms. The number of nitrogens with zero attached hydrogens (tertiary/aromatic N) is 3. The Hall–Kier alpha value is -3.39. The Labute approximate surface area is 179 Å². The number of piperazine rings is 1. The zero-order valence-corrected chi connectivity index (χ0v) is 17.4. The summed E-state index contributed by atoms with van der Waals surface area (Å²) in [6, 6.07) is 9.43. The first kappa shape index (κ1) is 19.6. The number of ketones is 1. The fraction of sp³-hybridized carbons (Fsp3) is 0.348. The van der Waals surface area contributed by atoms with Crippen LogP contribution in [-0.4, -0.2) is 58.1 Å². The number of hydrogen-bond acceptors (Lipinski definition) is 6. The first-order valence-corrected chi connectivity index (χ1v) is 10.7. The first-order valence-electron chi connectivity index (χ1n) is 10.7. The Morgan fingerprint density at radius 2 is 1.87 bits per heavy atom. The van der Waals surface area contributed by atoms with Crippen molar-refractivity contribution in [3.63, 3.8) is 0 Å². The molecule has 0 aliphatic carbocycles. The molecule has 2 aromatic carbocycles. The van der Waals surface area contributed by atoms with Gasteiger partial charge in [0, 0.05) is 62.8 Å². The molecule has 3 heterocycles. The number of hydrogen-bond donors (Lipinski definition) is 3. The molecule has 0 radical (unpaired) electrons. The molecule has 2 aliphatic heterocycles. The summed E-state index contributed by atoms with van der Waals surface area (Å²) in [7, 11) is 0. The van der Waals surface area contributed by atoms with Crippen LogP contribution in [0.4, 0.5) is 5.69 Å². The van der Waals surface area contributed by atoms with Crippen LogP contribution < -0.4 is 10.2 Å². The molecule has 1 amide bonds. The molecule has 0 unspecified atom stereocenters. The van der Waals surface area contributed by atoms with E-state index in [0.29, 0.717) is 36.1 Å². The van der Waals surface area contributed by atoms with Crippen LogP contribution in [0.3, 0.4) is 0 Å². The predicted molar refractivity (Wildman–Crippen MR) is 117 cm³/mol. The molecule has 0 spiro atoms. The van der Waals surface area contributed by atoms with Gasteiger partial charge in [0.15, 0.2) is 5.78 Å². The number of carbonyl (C=O) groups is 2. The van der Waals surface area contributed by atoms with E-state index in [1.54, 1.807) is 17.9 Å². The largest absolute Gasteiger partial charge is 0.507 e. The number of aromatic amines is 1. The van der Waals surface area contributed by atoms with Crippen LogP contribution in [-0.2, 0) is 13.1 Å². The van der Waals surface area contributed by atoms with Crippen molar-refractivity contribution >= 4 is 28.3 Å². The number of rotatable bonds is 4. The molecular formula is C23H25N5O3. The number of benzene rings is 2. The Morgan fingerprint density at radius 1 is 1.10 bits per heavy atom. The van der Waals surface area contributed by atoms with Gasteiger partial charge in [-0.15, -0.1) is 0 Å². The van der Waals surface area contributed by atoms with Gasteiger partial charge in [-0.25, -0.2) is 0 Å². The Morgan fingerprint density at radius 3 is 2.65 bits per heavy atom. The summed E-state index contributed by atoms with van der Waals surface area (Å²) >= 11 is 0. The maximum absolute atomic E-state index is 13.3. The molecule has 160 valence electrons. The highest BCUT2D eigenvalue weighted by Crippen LogP contribution is 2.32. The van der Waals surface area contributed by atoms with Gasteiger partial charge in [0.1, 0.15) is 11.4 Å². The zero-order chi connectivity index (χ0) is 21.5. The van der Waals surface area contributed by atoms with Crippen molar-refractivity contribution in [1.29, 1.82) is 0 Å². The SMILES string of the molecule is CCC(=O)c1n[nH]c2cc(O)c(C(=O)N3Cc4ccc(N5CCNCC5)cc4C3)cc12. The van der Waals surface area contributed by atoms with Crippen LogP contribution in [0, 0.1) is 0 Å². The van der Waals surface area contributed by atoms with E-state index in [-0.39, 0.29) is 23.0 Å². The molecule has 31 heavy (non-hydrogen) atoms. The molecular weight excluding hydrogens is 394 g/mol. The van der Waals surface area contributed by atoms with Gasteiger partial charge in [-0.2, -0.15) is 5.10 Å². The molecule has 0 bridgehead atoms. The third-order valence-electron chi connectivity index (χ3n) is 6.18. The van der Waals surface area contributed by atoms with E-state index in [1.165, 1.54) is 11.8 Å². The summed E-state index contributed by atoms with van der Waals surface area (Å²) in [5.41, 5.74) is 4.47. The number of phenols is 1. The van der Waals surface area contributed by atoms with Crippen molar-refractivity contribution in [2.24, 2.45) is 0 Å². The normalized spacial score (nSPS) is 16.0. The molecule has 1 aromatic heterocycles. The zero-order valence-electron chi connectivity index (χ0n) is 17.4. The van der Waals surface area contributed by atoms with Gasteiger partial charge >= 0.3 is 0 Å². The van der Waals surface area contributed by atoms with Crippen molar-refractivity contribution in [1.82, 2.24) is 20.4 Å². The Bertz CT molecular complexity index is 1180. The topological polar surface area (TPSA) is 102 Å². The molecule has 8 nitrogen and oxygen atoms in total. The van der Waals surface area contributed by atoms with Crippen molar-refractivity contribution in [3.8, 4) is 5.75 Å². The van der Waals surface area contributed by atoms with Gasteiger partial charge in [0.25, 0.3) is 5.91 Å². The second-order valence-electron chi connectivity index (χ2n) is 8.12. The minimum atomic E-state index is -0.254. The van der Waals surface area contributed by atoms with Crippen molar-refractivity contribution < 1.29 is 14.7 Å². The van der Waals surface area contributed by atoms with Crippen molar-refractivity contribution in [3.05, 3.63) is 52.7 Å². The number of nitrogens with one attached hydrogen (secondary N) is 2. The number of fused-ring (bicyclic) bond motifs is 2. The molecule has 0 atom stereocenters. The first-order chi connectivity index (χ1) is 15.0. The number of H-pyrrole nitrogens is 1. The van der Waals surface area contributed by atoms with Crippen molar-refractivity contribution in [2.45, 2.75) is 26.4 Å². The van der Waals surface area contributed by atoms with E-state index in [4.69, 9.17) is 0 Å². The summed E-state index contributed by atoms with van der Waals surface area (Å²) in [5.74, 6) is -0.478. The Balaban J connectivity index is 1.41. The number of phenolic OH excluding ortho intramolecular Hbond substituents is 1. The van der Waals surface area contributed by atoms with Crippen LogP contribution >= 0.6 is 0 Å². The van der Waals surface area contributed by atoms with Gasteiger partial charge in [0.05, 0.1) is 11.1 Å². The molecule has 3 aromatic rings. The molecule has 1 fully saturated rings. The molecule has 5 rings (SSSR count). The van der Waals surface area contributed by atoms with E-state index < -0.39 is 0 Å². The molecule has 0 saturated carbocycles. The third kappa shape index (κ3) is 3.42. The quantitative estimate of drug-likeness (QED) is 0.562. The average molecular weight is 419 g/mol. The standard InChI is InChI=1S/C23H25N5O3/c1-2-20(29)22-17-10-18(21(30)11-19(17)25-26-22)23(31)28-12-14-3-4-16(9-15(14)13-28)27-7-5-24-6-8-27/h3-4,9-11,24,30H,2,5-8,12-13H2,1H3,(H,25,26). The average Bonchev–Trinajstić information content (AvgIpc) is 3.41. The second-order valence-corrected chi connectivity index (χ2v) is 8.12. The van der Waals surface area contributed by atoms with E-state index in [0.717, 1.165) is 37.3 Å². The molecule has 2 aliphatic rings. The number of carbonyl (C=O) groups excluding carboxylic acids is 2. The summed E-state index contributed by atoms with van der Waals surface area (Å²) in [6.45, 7) is 6.65. The number of amides is 1. The minimum absolute atomic E-state index is 0.107. The summed E-state index contributed by atoms with van der Waals surface area (Å²) < 4.78 is 0. The maximum atomic E-state index is 13.3. The minimum Gasteiger partial charge on any atom is -0.507 e. The third-order valence-corrected chi connectivity index (χ3v) is 6.18. The highest BCUT2D eigenvalue weighted by Gasteiger charge is 2.28.